The van der Waals surface area contributed by atoms with Gasteiger partial charge in [-0.3, -0.25) is 0 Å². The SMILES string of the molecule is Cc1cccc([Si]C[c-]2c(C)cc3c2CCCC3)c1C.[Ti]. The van der Waals surface area contributed by atoms with Crippen molar-refractivity contribution in [2.24, 2.45) is 0 Å². The van der Waals surface area contributed by atoms with Crippen LogP contribution in [-0.2, 0) is 40.6 Å². The van der Waals surface area contributed by atoms with Crippen LogP contribution in [0.3, 0.4) is 0 Å². The Morgan fingerprint density at radius 3 is 2.67 bits per heavy atom. The Morgan fingerprint density at radius 1 is 1.10 bits per heavy atom. The third-order valence-electron chi connectivity index (χ3n) is 4.80. The first kappa shape index (κ1) is 16.9. The summed E-state index contributed by atoms with van der Waals surface area (Å²) < 4.78 is 0. The molecule has 0 saturated carbocycles. The van der Waals surface area contributed by atoms with Gasteiger partial charge >= 0.3 is 0 Å². The van der Waals surface area contributed by atoms with Gasteiger partial charge in [-0.2, -0.15) is 22.3 Å². The van der Waals surface area contributed by atoms with E-state index in [0.29, 0.717) is 0 Å². The molecule has 0 amide bonds. The monoisotopic (exact) mass is 327 g/mol. The van der Waals surface area contributed by atoms with Crippen LogP contribution >= 0.6 is 0 Å². The number of hydrogen-bond acceptors (Lipinski definition) is 0. The fourth-order valence-electron chi connectivity index (χ4n) is 3.39. The van der Waals surface area contributed by atoms with Crippen LogP contribution in [0.4, 0.5) is 0 Å². The molecule has 0 nitrogen and oxygen atoms in total. The average Bonchev–Trinajstić information content (AvgIpc) is 2.76. The molecule has 3 rings (SSSR count). The van der Waals surface area contributed by atoms with E-state index in [-0.39, 0.29) is 21.7 Å². The van der Waals surface area contributed by atoms with Gasteiger partial charge in [-0.05, 0) is 25.0 Å². The number of benzene rings is 1. The van der Waals surface area contributed by atoms with Crippen LogP contribution in [0.5, 0.6) is 0 Å². The molecule has 0 unspecified atom stereocenters. The first-order chi connectivity index (χ1) is 9.66. The molecular weight excluding hydrogens is 304 g/mol. The summed E-state index contributed by atoms with van der Waals surface area (Å²) in [6, 6.07) is 10.4. The first-order valence-electron chi connectivity index (χ1n) is 7.74. The van der Waals surface area contributed by atoms with Gasteiger partial charge in [-0.1, -0.05) is 62.0 Å². The summed E-state index contributed by atoms with van der Waals surface area (Å²) in [6.45, 7) is 6.80. The zero-order chi connectivity index (χ0) is 14.1. The van der Waals surface area contributed by atoms with Crippen LogP contribution in [0, 0.1) is 20.8 Å². The second-order valence-electron chi connectivity index (χ2n) is 6.12. The summed E-state index contributed by atoms with van der Waals surface area (Å²) in [5.74, 6) is 0. The van der Waals surface area contributed by atoms with Gasteiger partial charge < -0.3 is 0 Å². The Morgan fingerprint density at radius 2 is 1.86 bits per heavy atom. The minimum absolute atomic E-state index is 0. The molecule has 0 fully saturated rings. The maximum Gasteiger partial charge on any atom is 0.0732 e. The minimum atomic E-state index is 0. The molecule has 0 heterocycles. The minimum Gasteiger partial charge on any atom is -0.207 e. The predicted molar refractivity (Wildman–Crippen MR) is 88.4 cm³/mol. The number of fused-ring (bicyclic) bond motifs is 1. The Balaban J connectivity index is 0.00000161. The van der Waals surface area contributed by atoms with E-state index in [9.17, 15) is 0 Å². The van der Waals surface area contributed by atoms with Gasteiger partial charge in [-0.25, -0.2) is 6.07 Å². The van der Waals surface area contributed by atoms with Crippen molar-refractivity contribution in [3.05, 3.63) is 57.6 Å². The van der Waals surface area contributed by atoms with E-state index >= 15 is 0 Å². The number of rotatable bonds is 3. The summed E-state index contributed by atoms with van der Waals surface area (Å²) in [5, 5.41) is 1.55. The van der Waals surface area contributed by atoms with Crippen molar-refractivity contribution in [1.29, 1.82) is 0 Å². The molecule has 0 aromatic heterocycles. The van der Waals surface area contributed by atoms with Crippen molar-refractivity contribution in [2.45, 2.75) is 52.5 Å². The average molecular weight is 327 g/mol. The standard InChI is InChI=1S/C19H23Si.Ti/c1-13-7-6-10-19(15(13)3)20-12-18-14(2)11-16-8-4-5-9-17(16)18;/h6-7,10-11H,4-5,8-9,12H2,1-3H3;/q-1;. The van der Waals surface area contributed by atoms with Crippen LogP contribution < -0.4 is 5.19 Å². The molecule has 0 bridgehead atoms. The second kappa shape index (κ2) is 7.18. The smallest absolute Gasteiger partial charge is 0.0732 e. The van der Waals surface area contributed by atoms with Crippen molar-refractivity contribution < 1.29 is 21.7 Å². The summed E-state index contributed by atoms with van der Waals surface area (Å²) in [7, 11) is 0.912. The Bertz CT molecular complexity index is 625. The molecule has 108 valence electrons. The summed E-state index contributed by atoms with van der Waals surface area (Å²) in [5.41, 5.74) is 9.47. The molecule has 2 radical (unpaired) electrons. The molecule has 0 aliphatic heterocycles. The van der Waals surface area contributed by atoms with Crippen molar-refractivity contribution in [3.8, 4) is 0 Å². The summed E-state index contributed by atoms with van der Waals surface area (Å²) >= 11 is 0. The van der Waals surface area contributed by atoms with Crippen LogP contribution in [-0.4, -0.2) is 9.52 Å². The van der Waals surface area contributed by atoms with E-state index in [4.69, 9.17) is 0 Å². The van der Waals surface area contributed by atoms with Crippen molar-refractivity contribution in [2.75, 3.05) is 0 Å². The van der Waals surface area contributed by atoms with Gasteiger partial charge in [0.1, 0.15) is 0 Å². The molecule has 2 heteroatoms. The topological polar surface area (TPSA) is 0 Å². The molecule has 1 aliphatic rings. The largest absolute Gasteiger partial charge is 0.207 e. The van der Waals surface area contributed by atoms with E-state index in [1.54, 1.807) is 21.9 Å². The van der Waals surface area contributed by atoms with Gasteiger partial charge in [-0.15, -0.1) is 0 Å². The molecular formula is C19H23SiTi-. The van der Waals surface area contributed by atoms with E-state index < -0.39 is 0 Å². The van der Waals surface area contributed by atoms with Gasteiger partial charge in [0, 0.05) is 21.7 Å². The molecule has 0 saturated heterocycles. The molecule has 0 atom stereocenters. The molecule has 0 N–H and O–H groups in total. The zero-order valence-corrected chi connectivity index (χ0v) is 15.9. The van der Waals surface area contributed by atoms with E-state index in [2.05, 4.69) is 45.0 Å². The predicted octanol–water partition coefficient (Wildman–Crippen LogP) is 3.74. The third kappa shape index (κ3) is 3.47. The van der Waals surface area contributed by atoms with Crippen LogP contribution in [0.15, 0.2) is 24.3 Å². The summed E-state index contributed by atoms with van der Waals surface area (Å²) in [4.78, 5) is 0. The number of hydrogen-bond donors (Lipinski definition) is 0. The van der Waals surface area contributed by atoms with Crippen molar-refractivity contribution >= 4 is 14.7 Å². The molecule has 1 aliphatic carbocycles. The molecule has 2 aromatic rings. The fourth-order valence-corrected chi connectivity index (χ4v) is 4.93. The summed E-state index contributed by atoms with van der Waals surface area (Å²) in [6.07, 6.45) is 5.39. The first-order valence-corrected chi connectivity index (χ1v) is 8.94. The van der Waals surface area contributed by atoms with Crippen LogP contribution in [0.1, 0.15) is 46.2 Å². The Labute approximate surface area is 146 Å². The van der Waals surface area contributed by atoms with Crippen molar-refractivity contribution in [1.82, 2.24) is 0 Å². The quantitative estimate of drug-likeness (QED) is 0.595. The molecule has 21 heavy (non-hydrogen) atoms. The van der Waals surface area contributed by atoms with E-state index in [0.717, 1.165) is 9.52 Å². The molecule has 0 spiro atoms. The Kier molecular flexibility index (Phi) is 5.76. The fraction of sp³-hybridized carbons (Fsp3) is 0.421. The van der Waals surface area contributed by atoms with Gasteiger partial charge in [0.2, 0.25) is 0 Å². The van der Waals surface area contributed by atoms with Gasteiger partial charge in [0.05, 0.1) is 9.52 Å². The Hall–Kier alpha value is -0.499. The second-order valence-corrected chi connectivity index (χ2v) is 7.36. The zero-order valence-electron chi connectivity index (χ0n) is 13.3. The molecule has 2 aromatic carbocycles. The van der Waals surface area contributed by atoms with E-state index in [1.165, 1.54) is 48.4 Å². The van der Waals surface area contributed by atoms with Crippen LogP contribution in [0.25, 0.3) is 0 Å². The van der Waals surface area contributed by atoms with Crippen LogP contribution in [0.2, 0.25) is 0 Å². The maximum absolute atomic E-state index is 2.46. The normalized spacial score (nSPS) is 13.7. The van der Waals surface area contributed by atoms with Gasteiger partial charge in [0.25, 0.3) is 0 Å². The van der Waals surface area contributed by atoms with Gasteiger partial charge in [0.15, 0.2) is 0 Å². The third-order valence-corrected chi connectivity index (χ3v) is 6.25. The number of aryl methyl sites for hydroxylation is 3. The van der Waals surface area contributed by atoms with Crippen molar-refractivity contribution in [3.63, 3.8) is 0 Å². The maximum atomic E-state index is 2.46. The van der Waals surface area contributed by atoms with E-state index in [1.807, 2.05) is 0 Å².